The van der Waals surface area contributed by atoms with Crippen LogP contribution in [0.15, 0.2) is 24.3 Å². The first-order valence-corrected chi connectivity index (χ1v) is 9.10. The fourth-order valence-corrected chi connectivity index (χ4v) is 4.99. The minimum Gasteiger partial charge on any atom is -0.393 e. The van der Waals surface area contributed by atoms with Crippen molar-refractivity contribution in [1.29, 1.82) is 0 Å². The van der Waals surface area contributed by atoms with Gasteiger partial charge in [-0.1, -0.05) is 0 Å². The molecule has 1 aromatic rings. The van der Waals surface area contributed by atoms with E-state index in [1.807, 2.05) is 18.2 Å². The number of rotatable bonds is 2. The molecule has 3 fully saturated rings. The van der Waals surface area contributed by atoms with E-state index in [1.165, 1.54) is 5.92 Å². The first-order chi connectivity index (χ1) is 11.7. The van der Waals surface area contributed by atoms with Gasteiger partial charge in [0, 0.05) is 30.9 Å². The van der Waals surface area contributed by atoms with Crippen LogP contribution in [0.2, 0.25) is 0 Å². The minimum absolute atomic E-state index is 0.00462. The van der Waals surface area contributed by atoms with Gasteiger partial charge in [-0.25, -0.2) is 0 Å². The van der Waals surface area contributed by atoms with Gasteiger partial charge >= 0.3 is 0 Å². The van der Waals surface area contributed by atoms with Crippen LogP contribution in [0.4, 0.5) is 0 Å². The number of hydrogen-bond donors (Lipinski definition) is 2. The Morgan fingerprint density at radius 3 is 2.12 bits per heavy atom. The Labute approximate surface area is 142 Å². The number of aliphatic hydroxyl groups is 2. The summed E-state index contributed by atoms with van der Waals surface area (Å²) < 4.78 is 6.33. The lowest BCUT2D eigenvalue weighted by Crippen LogP contribution is -2.52. The van der Waals surface area contributed by atoms with Crippen LogP contribution >= 0.6 is 0 Å². The lowest BCUT2D eigenvalue weighted by molar-refractivity contribution is -0.153. The second-order valence-corrected chi connectivity index (χ2v) is 7.52. The van der Waals surface area contributed by atoms with Crippen LogP contribution in [0, 0.1) is 17.8 Å². The summed E-state index contributed by atoms with van der Waals surface area (Å²) in [6.45, 7) is 0. The molecule has 0 aromatic heterocycles. The molecule has 1 aromatic carbocycles. The van der Waals surface area contributed by atoms with Crippen molar-refractivity contribution < 1.29 is 19.7 Å². The highest BCUT2D eigenvalue weighted by Crippen LogP contribution is 2.51. The molecule has 6 unspecified atom stereocenters. The molecule has 1 heterocycles. The molecule has 4 nitrogen and oxygen atoms in total. The van der Waals surface area contributed by atoms with Gasteiger partial charge in [0.15, 0.2) is 0 Å². The summed E-state index contributed by atoms with van der Waals surface area (Å²) in [4.78, 5) is 11.6. The van der Waals surface area contributed by atoms with Gasteiger partial charge in [0.25, 0.3) is 0 Å². The molecule has 4 heteroatoms. The van der Waals surface area contributed by atoms with Crippen molar-refractivity contribution in [2.45, 2.75) is 62.9 Å². The number of ether oxygens (including phenoxy) is 1. The monoisotopic (exact) mass is 329 g/mol. The first-order valence-electron chi connectivity index (χ1n) is 9.10. The molecule has 4 rings (SSSR count). The molecule has 0 spiro atoms. The molecule has 3 aliphatic rings. The Balaban J connectivity index is 1.73. The standard InChI is InChI=1S/C20H25O4/c21-11-12-3-1-2-4-15(12)20-16-7-5-13(22)9-18(16)24-19-10-14(23)6-8-17(19)20/h1-4,11,13-14,16-19,22-23H,5-10H2/q+1. The van der Waals surface area contributed by atoms with E-state index in [2.05, 4.69) is 6.07 Å². The van der Waals surface area contributed by atoms with E-state index in [0.29, 0.717) is 12.8 Å². The predicted molar refractivity (Wildman–Crippen MR) is 89.5 cm³/mol. The molecular formula is C20H25O4+. The fourth-order valence-electron chi connectivity index (χ4n) is 4.99. The second-order valence-electron chi connectivity index (χ2n) is 7.52. The Kier molecular flexibility index (Phi) is 4.37. The zero-order chi connectivity index (χ0) is 16.7. The SMILES string of the molecule is O=Cc1ccccc1[C+]1C2CCC(O)CC2OC2CC(O)CCC12. The summed E-state index contributed by atoms with van der Waals surface area (Å²) in [5, 5.41) is 20.1. The molecular weight excluding hydrogens is 304 g/mol. The highest BCUT2D eigenvalue weighted by molar-refractivity contribution is 5.79. The summed E-state index contributed by atoms with van der Waals surface area (Å²) in [6, 6.07) is 7.82. The van der Waals surface area contributed by atoms with Crippen LogP contribution in [0.5, 0.6) is 0 Å². The van der Waals surface area contributed by atoms with Gasteiger partial charge in [0.1, 0.15) is 11.1 Å². The van der Waals surface area contributed by atoms with E-state index in [4.69, 9.17) is 4.74 Å². The molecule has 1 aliphatic heterocycles. The molecule has 128 valence electrons. The Bertz CT molecular complexity index is 575. The van der Waals surface area contributed by atoms with E-state index in [0.717, 1.165) is 43.1 Å². The van der Waals surface area contributed by atoms with E-state index in [-0.39, 0.29) is 36.3 Å². The molecule has 24 heavy (non-hydrogen) atoms. The number of hydrogen-bond acceptors (Lipinski definition) is 4. The number of benzene rings is 1. The molecule has 2 aliphatic carbocycles. The molecule has 1 saturated heterocycles. The third-order valence-electron chi connectivity index (χ3n) is 6.08. The first kappa shape index (κ1) is 16.1. The summed E-state index contributed by atoms with van der Waals surface area (Å²) in [5.41, 5.74) is 1.79. The normalized spacial score (nSPS) is 39.0. The highest BCUT2D eigenvalue weighted by Gasteiger charge is 2.53. The van der Waals surface area contributed by atoms with Crippen molar-refractivity contribution in [3.8, 4) is 0 Å². The molecule has 6 atom stereocenters. The van der Waals surface area contributed by atoms with Crippen molar-refractivity contribution in [2.75, 3.05) is 0 Å². The van der Waals surface area contributed by atoms with Gasteiger partial charge in [-0.15, -0.1) is 0 Å². The van der Waals surface area contributed by atoms with E-state index < -0.39 is 0 Å². The van der Waals surface area contributed by atoms with Crippen LogP contribution in [-0.4, -0.2) is 40.9 Å². The Morgan fingerprint density at radius 1 is 0.958 bits per heavy atom. The van der Waals surface area contributed by atoms with E-state index >= 15 is 0 Å². The Hall–Kier alpha value is -1.36. The van der Waals surface area contributed by atoms with Gasteiger partial charge in [-0.2, -0.15) is 0 Å². The van der Waals surface area contributed by atoms with Gasteiger partial charge in [-0.05, 0) is 37.8 Å². The summed E-state index contributed by atoms with van der Waals surface area (Å²) in [5.74, 6) is 1.87. The summed E-state index contributed by atoms with van der Waals surface area (Å²) in [6.07, 6.45) is 5.00. The lowest BCUT2D eigenvalue weighted by atomic mass is 9.62. The van der Waals surface area contributed by atoms with Crippen molar-refractivity contribution >= 4 is 6.29 Å². The maximum absolute atomic E-state index is 11.6. The third kappa shape index (κ3) is 2.77. The zero-order valence-electron chi connectivity index (χ0n) is 13.8. The molecule has 0 amide bonds. The predicted octanol–water partition coefficient (Wildman–Crippen LogP) is 2.51. The van der Waals surface area contributed by atoms with E-state index in [9.17, 15) is 15.0 Å². The smallest absolute Gasteiger partial charge is 0.205 e. The minimum atomic E-state index is -0.307. The topological polar surface area (TPSA) is 66.8 Å². The van der Waals surface area contributed by atoms with Gasteiger partial charge < -0.3 is 14.9 Å². The molecule has 2 saturated carbocycles. The summed E-state index contributed by atoms with van der Waals surface area (Å²) in [7, 11) is 0. The van der Waals surface area contributed by atoms with Crippen LogP contribution in [-0.2, 0) is 4.74 Å². The van der Waals surface area contributed by atoms with Crippen LogP contribution in [0.25, 0.3) is 0 Å². The lowest BCUT2D eigenvalue weighted by Gasteiger charge is -2.49. The molecule has 2 N–H and O–H groups in total. The van der Waals surface area contributed by atoms with Crippen molar-refractivity contribution in [3.63, 3.8) is 0 Å². The maximum Gasteiger partial charge on any atom is 0.205 e. The highest BCUT2D eigenvalue weighted by atomic mass is 16.5. The second kappa shape index (κ2) is 6.51. The third-order valence-corrected chi connectivity index (χ3v) is 6.08. The van der Waals surface area contributed by atoms with Crippen LogP contribution < -0.4 is 0 Å². The average Bonchev–Trinajstić information content (AvgIpc) is 2.59. The fraction of sp³-hybridized carbons (Fsp3) is 0.600. The maximum atomic E-state index is 11.6. The van der Waals surface area contributed by atoms with Crippen LogP contribution in [0.3, 0.4) is 0 Å². The zero-order valence-corrected chi connectivity index (χ0v) is 13.8. The number of fused-ring (bicyclic) bond motifs is 2. The average molecular weight is 329 g/mol. The summed E-state index contributed by atoms with van der Waals surface area (Å²) >= 11 is 0. The number of aliphatic hydroxyl groups excluding tert-OH is 2. The van der Waals surface area contributed by atoms with Gasteiger partial charge in [0.05, 0.1) is 36.3 Å². The van der Waals surface area contributed by atoms with Crippen molar-refractivity contribution in [1.82, 2.24) is 0 Å². The number of carbonyl (C=O) groups is 1. The van der Waals surface area contributed by atoms with Crippen molar-refractivity contribution in [3.05, 3.63) is 41.3 Å². The quantitative estimate of drug-likeness (QED) is 0.646. The molecule has 0 bridgehead atoms. The Morgan fingerprint density at radius 2 is 1.54 bits per heavy atom. The van der Waals surface area contributed by atoms with Gasteiger partial charge in [-0.3, -0.25) is 4.79 Å². The largest absolute Gasteiger partial charge is 0.393 e. The van der Waals surface area contributed by atoms with E-state index in [1.54, 1.807) is 0 Å². The number of aldehydes is 1. The number of carbonyl (C=O) groups excluding carboxylic acids is 1. The van der Waals surface area contributed by atoms with Crippen molar-refractivity contribution in [2.24, 2.45) is 11.8 Å². The van der Waals surface area contributed by atoms with Crippen LogP contribution in [0.1, 0.15) is 54.4 Å². The molecule has 0 radical (unpaired) electrons. The van der Waals surface area contributed by atoms with Gasteiger partial charge in [0.2, 0.25) is 6.29 Å².